The van der Waals surface area contributed by atoms with E-state index in [1.54, 1.807) is 0 Å². The summed E-state index contributed by atoms with van der Waals surface area (Å²) in [5.74, 6) is 0.175. The van der Waals surface area contributed by atoms with Gasteiger partial charge in [0.1, 0.15) is 4.90 Å². The van der Waals surface area contributed by atoms with E-state index in [1.165, 1.54) is 18.2 Å². The second-order valence-electron chi connectivity index (χ2n) is 5.88. The van der Waals surface area contributed by atoms with Crippen LogP contribution in [0.4, 0.5) is 0 Å². The van der Waals surface area contributed by atoms with Gasteiger partial charge in [-0.2, -0.15) is 5.26 Å². The number of benzene rings is 1. The lowest BCUT2D eigenvalue weighted by Crippen LogP contribution is -2.33. The van der Waals surface area contributed by atoms with Crippen LogP contribution in [-0.2, 0) is 10.0 Å². The Morgan fingerprint density at radius 2 is 2.00 bits per heavy atom. The molecule has 0 aliphatic carbocycles. The molecular weight excluding hydrogens is 296 g/mol. The maximum atomic E-state index is 12.2. The number of sulfonamides is 1. The summed E-state index contributed by atoms with van der Waals surface area (Å²) in [5.41, 5.74) is 0.341. The SMILES string of the molecule is CC(CNS(=O)(=O)c1ccc(C#N)cc1Cl)C(C)(C)C. The van der Waals surface area contributed by atoms with Crippen molar-refractivity contribution >= 4 is 21.6 Å². The van der Waals surface area contributed by atoms with Crippen molar-refractivity contribution in [3.05, 3.63) is 28.8 Å². The summed E-state index contributed by atoms with van der Waals surface area (Å²) in [6.07, 6.45) is 0. The Hall–Kier alpha value is -1.09. The van der Waals surface area contributed by atoms with E-state index in [0.717, 1.165) is 0 Å². The third-order valence-corrected chi connectivity index (χ3v) is 5.31. The molecule has 0 spiro atoms. The van der Waals surface area contributed by atoms with Gasteiger partial charge < -0.3 is 0 Å². The molecule has 0 saturated carbocycles. The summed E-state index contributed by atoms with van der Waals surface area (Å²) in [7, 11) is -3.66. The van der Waals surface area contributed by atoms with Crippen molar-refractivity contribution in [2.24, 2.45) is 11.3 Å². The first kappa shape index (κ1) is 17.0. The molecule has 1 rings (SSSR count). The fourth-order valence-electron chi connectivity index (χ4n) is 1.41. The first-order chi connectivity index (χ1) is 9.08. The van der Waals surface area contributed by atoms with Crippen LogP contribution in [0.15, 0.2) is 23.1 Å². The molecule has 0 bridgehead atoms. The fourth-order valence-corrected chi connectivity index (χ4v) is 3.08. The molecule has 0 aliphatic heterocycles. The molecule has 1 atom stereocenters. The van der Waals surface area contributed by atoms with Gasteiger partial charge in [0.05, 0.1) is 16.7 Å². The van der Waals surface area contributed by atoms with Crippen LogP contribution in [0.3, 0.4) is 0 Å². The van der Waals surface area contributed by atoms with Gasteiger partial charge in [-0.05, 0) is 29.5 Å². The van der Waals surface area contributed by atoms with Crippen molar-refractivity contribution in [3.8, 4) is 6.07 Å². The summed E-state index contributed by atoms with van der Waals surface area (Å²) >= 11 is 5.93. The Morgan fingerprint density at radius 1 is 1.40 bits per heavy atom. The number of nitrogens with one attached hydrogen (secondary N) is 1. The average molecular weight is 315 g/mol. The van der Waals surface area contributed by atoms with Crippen LogP contribution < -0.4 is 4.72 Å². The van der Waals surface area contributed by atoms with Crippen molar-refractivity contribution in [1.82, 2.24) is 4.72 Å². The van der Waals surface area contributed by atoms with E-state index in [-0.39, 0.29) is 21.3 Å². The number of rotatable bonds is 4. The minimum absolute atomic E-state index is 0.000671. The molecule has 6 heteroatoms. The zero-order valence-electron chi connectivity index (χ0n) is 12.1. The van der Waals surface area contributed by atoms with Crippen LogP contribution >= 0.6 is 11.6 Å². The molecule has 1 N–H and O–H groups in total. The highest BCUT2D eigenvalue weighted by molar-refractivity contribution is 7.89. The number of halogens is 1. The second-order valence-corrected chi connectivity index (χ2v) is 8.02. The molecule has 110 valence electrons. The zero-order valence-corrected chi connectivity index (χ0v) is 13.6. The predicted octanol–water partition coefficient (Wildman–Crippen LogP) is 3.17. The Bertz CT molecular complexity index is 628. The van der Waals surface area contributed by atoms with Gasteiger partial charge >= 0.3 is 0 Å². The molecule has 0 radical (unpaired) electrons. The van der Waals surface area contributed by atoms with Gasteiger partial charge in [-0.3, -0.25) is 0 Å². The maximum absolute atomic E-state index is 12.2. The van der Waals surface area contributed by atoms with E-state index in [4.69, 9.17) is 16.9 Å². The third kappa shape index (κ3) is 4.20. The van der Waals surface area contributed by atoms with E-state index in [0.29, 0.717) is 12.1 Å². The number of nitriles is 1. The molecule has 0 fully saturated rings. The molecule has 4 nitrogen and oxygen atoms in total. The summed E-state index contributed by atoms with van der Waals surface area (Å²) in [6.45, 7) is 8.49. The molecule has 0 aliphatic rings. The Balaban J connectivity index is 2.93. The summed E-state index contributed by atoms with van der Waals surface area (Å²) in [6, 6.07) is 6.06. The standard InChI is InChI=1S/C14H19ClN2O2S/c1-10(14(2,3)4)9-17-20(18,19)13-6-5-11(8-16)7-12(13)15/h5-7,10,17H,9H2,1-4H3. The minimum atomic E-state index is -3.66. The predicted molar refractivity (Wildman–Crippen MR) is 80.0 cm³/mol. The van der Waals surface area contributed by atoms with Crippen LogP contribution in [0, 0.1) is 22.7 Å². The number of hydrogen-bond acceptors (Lipinski definition) is 3. The van der Waals surface area contributed by atoms with Crippen LogP contribution in [-0.4, -0.2) is 15.0 Å². The molecule has 1 aromatic rings. The Morgan fingerprint density at radius 3 is 2.45 bits per heavy atom. The molecular formula is C14H19ClN2O2S. The molecule has 0 amide bonds. The van der Waals surface area contributed by atoms with E-state index in [9.17, 15) is 8.42 Å². The monoisotopic (exact) mass is 314 g/mol. The largest absolute Gasteiger partial charge is 0.242 e. The van der Waals surface area contributed by atoms with Crippen molar-refractivity contribution < 1.29 is 8.42 Å². The highest BCUT2D eigenvalue weighted by Gasteiger charge is 2.24. The van der Waals surface area contributed by atoms with Crippen molar-refractivity contribution in [1.29, 1.82) is 5.26 Å². The highest BCUT2D eigenvalue weighted by atomic mass is 35.5. The highest BCUT2D eigenvalue weighted by Crippen LogP contribution is 2.26. The van der Waals surface area contributed by atoms with Crippen LogP contribution in [0.2, 0.25) is 5.02 Å². The lowest BCUT2D eigenvalue weighted by molar-refractivity contribution is 0.263. The molecule has 0 heterocycles. The van der Waals surface area contributed by atoms with Gasteiger partial charge in [-0.15, -0.1) is 0 Å². The van der Waals surface area contributed by atoms with Gasteiger partial charge in [0.25, 0.3) is 0 Å². The topological polar surface area (TPSA) is 70.0 Å². The summed E-state index contributed by atoms with van der Waals surface area (Å²) in [4.78, 5) is -0.000671. The molecule has 1 aromatic carbocycles. The Labute approximate surface area is 125 Å². The smallest absolute Gasteiger partial charge is 0.211 e. The summed E-state index contributed by atoms with van der Waals surface area (Å²) < 4.78 is 27.0. The van der Waals surface area contributed by atoms with Crippen LogP contribution in [0.1, 0.15) is 33.3 Å². The normalized spacial score (nSPS) is 13.8. The number of hydrogen-bond donors (Lipinski definition) is 1. The van der Waals surface area contributed by atoms with Gasteiger partial charge in [-0.1, -0.05) is 39.3 Å². The Kier molecular flexibility index (Phi) is 5.20. The van der Waals surface area contributed by atoms with Crippen LogP contribution in [0.5, 0.6) is 0 Å². The van der Waals surface area contributed by atoms with E-state index < -0.39 is 10.0 Å². The summed E-state index contributed by atoms with van der Waals surface area (Å²) in [5, 5.41) is 8.80. The lowest BCUT2D eigenvalue weighted by Gasteiger charge is -2.27. The van der Waals surface area contributed by atoms with Gasteiger partial charge in [0.2, 0.25) is 10.0 Å². The number of nitrogens with zero attached hydrogens (tertiary/aromatic N) is 1. The van der Waals surface area contributed by atoms with Gasteiger partial charge in [0, 0.05) is 6.54 Å². The minimum Gasteiger partial charge on any atom is -0.211 e. The van der Waals surface area contributed by atoms with E-state index >= 15 is 0 Å². The van der Waals surface area contributed by atoms with E-state index in [1.807, 2.05) is 13.0 Å². The van der Waals surface area contributed by atoms with Gasteiger partial charge in [0.15, 0.2) is 0 Å². The average Bonchev–Trinajstić information content (AvgIpc) is 2.34. The maximum Gasteiger partial charge on any atom is 0.242 e. The second kappa shape index (κ2) is 6.13. The quantitative estimate of drug-likeness (QED) is 0.928. The van der Waals surface area contributed by atoms with Crippen molar-refractivity contribution in [2.75, 3.05) is 6.54 Å². The third-order valence-electron chi connectivity index (χ3n) is 3.41. The fraction of sp³-hybridized carbons (Fsp3) is 0.500. The molecule has 0 saturated heterocycles. The first-order valence-corrected chi connectivity index (χ1v) is 8.13. The molecule has 0 aromatic heterocycles. The van der Waals surface area contributed by atoms with Crippen molar-refractivity contribution in [3.63, 3.8) is 0 Å². The van der Waals surface area contributed by atoms with Crippen molar-refractivity contribution in [2.45, 2.75) is 32.6 Å². The molecule has 1 unspecified atom stereocenters. The van der Waals surface area contributed by atoms with Crippen LogP contribution in [0.25, 0.3) is 0 Å². The lowest BCUT2D eigenvalue weighted by atomic mass is 9.82. The first-order valence-electron chi connectivity index (χ1n) is 6.27. The molecule has 20 heavy (non-hydrogen) atoms. The van der Waals surface area contributed by atoms with Gasteiger partial charge in [-0.25, -0.2) is 13.1 Å². The zero-order chi connectivity index (χ0) is 15.6. The van der Waals surface area contributed by atoms with E-state index in [2.05, 4.69) is 25.5 Å².